The molecule has 0 spiro atoms. The molecule has 1 N–H and O–H groups in total. The van der Waals surface area contributed by atoms with Crippen LogP contribution in [0.3, 0.4) is 0 Å². The summed E-state index contributed by atoms with van der Waals surface area (Å²) >= 11 is 6.44. The van der Waals surface area contributed by atoms with E-state index in [-0.39, 0.29) is 52.9 Å². The molecule has 12 heteroatoms. The molecule has 9 rings (SSSR count). The highest BCUT2D eigenvalue weighted by Crippen LogP contribution is 2.45. The number of ether oxygens (including phenoxy) is 2. The van der Waals surface area contributed by atoms with Gasteiger partial charge < -0.3 is 19.7 Å². The Kier molecular flexibility index (Phi) is 6.00. The van der Waals surface area contributed by atoms with Crippen molar-refractivity contribution in [3.8, 4) is 23.1 Å². The topological polar surface area (TPSA) is 75.6 Å². The molecule has 2 bridgehead atoms. The summed E-state index contributed by atoms with van der Waals surface area (Å²) in [4.78, 5) is 18.5. The summed E-state index contributed by atoms with van der Waals surface area (Å²) in [5.74, 6) is -0.568. The average Bonchev–Trinajstić information content (AvgIpc) is 3.66. The van der Waals surface area contributed by atoms with Crippen LogP contribution in [-0.2, 0) is 0 Å². The number of benzene rings is 2. The molecule has 5 aliphatic rings. The first-order valence-electron chi connectivity index (χ1n) is 15.3. The third kappa shape index (κ3) is 3.94. The molecule has 0 aliphatic carbocycles. The van der Waals surface area contributed by atoms with Gasteiger partial charge >= 0.3 is 6.01 Å². The van der Waals surface area contributed by atoms with Gasteiger partial charge in [0.2, 0.25) is 5.88 Å². The second-order valence-corrected chi connectivity index (χ2v) is 13.2. The highest BCUT2D eigenvalue weighted by molar-refractivity contribution is 6.36. The van der Waals surface area contributed by atoms with Gasteiger partial charge in [-0.15, -0.1) is 0 Å². The summed E-state index contributed by atoms with van der Waals surface area (Å²) in [6.45, 7) is 2.45. The van der Waals surface area contributed by atoms with Crippen LogP contribution in [0.15, 0.2) is 30.3 Å². The van der Waals surface area contributed by atoms with Crippen molar-refractivity contribution in [1.29, 1.82) is 0 Å². The molecular weight excluding hydrogens is 593 g/mol. The van der Waals surface area contributed by atoms with Gasteiger partial charge in [-0.05, 0) is 43.7 Å². The third-order valence-electron chi connectivity index (χ3n) is 10.4. The van der Waals surface area contributed by atoms with Crippen LogP contribution in [0.5, 0.6) is 11.9 Å². The van der Waals surface area contributed by atoms with Crippen LogP contribution in [0, 0.1) is 11.6 Å². The molecule has 0 radical (unpaired) electrons. The number of fused-ring (bicyclic) bond motifs is 7. The molecule has 2 aromatic carbocycles. The first-order valence-corrected chi connectivity index (χ1v) is 15.7. The fourth-order valence-electron chi connectivity index (χ4n) is 8.31. The number of piperazine rings is 1. The zero-order chi connectivity index (χ0) is 29.7. The Bertz CT molecular complexity index is 1850. The maximum atomic E-state index is 16.9. The van der Waals surface area contributed by atoms with Gasteiger partial charge in [-0.3, -0.25) is 4.90 Å². The fourth-order valence-corrected chi connectivity index (χ4v) is 8.59. The molecule has 5 atom stereocenters. The predicted molar refractivity (Wildman–Crippen MR) is 160 cm³/mol. The van der Waals surface area contributed by atoms with Crippen molar-refractivity contribution < 1.29 is 22.6 Å². The number of halogens is 4. The Morgan fingerprint density at radius 2 is 2.00 bits per heavy atom. The lowest BCUT2D eigenvalue weighted by atomic mass is 9.95. The molecule has 8 nitrogen and oxygen atoms in total. The first kappa shape index (κ1) is 26.9. The quantitative estimate of drug-likeness (QED) is 0.323. The monoisotopic (exact) mass is 622 g/mol. The van der Waals surface area contributed by atoms with E-state index in [1.807, 2.05) is 0 Å². The van der Waals surface area contributed by atoms with Crippen LogP contribution in [0.25, 0.3) is 32.9 Å². The van der Waals surface area contributed by atoms with Crippen LogP contribution in [0.4, 0.5) is 19.0 Å². The van der Waals surface area contributed by atoms with Crippen molar-refractivity contribution in [3.05, 3.63) is 47.0 Å². The van der Waals surface area contributed by atoms with Crippen LogP contribution in [0.2, 0.25) is 5.02 Å². The maximum Gasteiger partial charge on any atom is 0.319 e. The Balaban J connectivity index is 1.23. The predicted octanol–water partition coefficient (Wildman–Crippen LogP) is 5.43. The molecule has 5 aliphatic heterocycles. The lowest BCUT2D eigenvalue weighted by molar-refractivity contribution is 0.107. The summed E-state index contributed by atoms with van der Waals surface area (Å²) in [7, 11) is 0. The van der Waals surface area contributed by atoms with E-state index >= 15 is 4.39 Å². The van der Waals surface area contributed by atoms with Crippen LogP contribution < -0.4 is 19.7 Å². The average molecular weight is 623 g/mol. The number of rotatable bonds is 4. The minimum absolute atomic E-state index is 0.0108. The van der Waals surface area contributed by atoms with Crippen LogP contribution in [-0.4, -0.2) is 82.5 Å². The molecule has 4 aromatic rings. The van der Waals surface area contributed by atoms with Gasteiger partial charge in [-0.2, -0.15) is 9.97 Å². The number of hydrogen-bond acceptors (Lipinski definition) is 8. The number of pyridine rings is 1. The molecule has 44 heavy (non-hydrogen) atoms. The highest BCUT2D eigenvalue weighted by Gasteiger charge is 2.50. The number of nitrogens with zero attached hydrogens (tertiary/aromatic N) is 5. The standard InChI is InChI=1S/C32H30ClF3N6O2/c33-25-20(35)7-5-16-3-1-4-19(23(16)25)27-26(36)28-24-29(42-13-18-6-8-21(37-18)22(42)14-43-30(24)38-27)40-31(39-28)44-15-32-9-2-10-41(32)12-17(34)11-32/h1,3-5,7,17-18,21-22,37H,2,6,8-15H2/t17-,18+,21-,22?,32+/m1/s1. The highest BCUT2D eigenvalue weighted by atomic mass is 35.5. The van der Waals surface area contributed by atoms with Gasteiger partial charge in [-0.1, -0.05) is 35.9 Å². The summed E-state index contributed by atoms with van der Waals surface area (Å²) < 4.78 is 58.6. The second kappa shape index (κ2) is 9.79. The Morgan fingerprint density at radius 3 is 2.91 bits per heavy atom. The van der Waals surface area contributed by atoms with E-state index in [1.165, 1.54) is 6.07 Å². The van der Waals surface area contributed by atoms with E-state index in [4.69, 9.17) is 31.0 Å². The number of alkyl halides is 1. The van der Waals surface area contributed by atoms with Gasteiger partial charge in [0.1, 0.15) is 47.6 Å². The van der Waals surface area contributed by atoms with E-state index in [0.717, 1.165) is 32.2 Å². The van der Waals surface area contributed by atoms with Gasteiger partial charge in [0.05, 0.1) is 16.6 Å². The van der Waals surface area contributed by atoms with Crippen LogP contribution >= 0.6 is 11.6 Å². The van der Waals surface area contributed by atoms with E-state index in [0.29, 0.717) is 53.7 Å². The van der Waals surface area contributed by atoms with Crippen molar-refractivity contribution in [2.24, 2.45) is 0 Å². The lowest BCUT2D eigenvalue weighted by Crippen LogP contribution is -2.60. The Labute approximate surface area is 256 Å². The summed E-state index contributed by atoms with van der Waals surface area (Å²) in [6, 6.07) is 8.56. The van der Waals surface area contributed by atoms with Crippen molar-refractivity contribution in [2.45, 2.75) is 61.9 Å². The smallest absolute Gasteiger partial charge is 0.319 e. The largest absolute Gasteiger partial charge is 0.475 e. The molecule has 4 fully saturated rings. The Hall–Kier alpha value is -3.41. The van der Waals surface area contributed by atoms with Gasteiger partial charge in [0.25, 0.3) is 0 Å². The minimum atomic E-state index is -0.902. The van der Waals surface area contributed by atoms with Crippen molar-refractivity contribution in [2.75, 3.05) is 37.7 Å². The van der Waals surface area contributed by atoms with E-state index in [9.17, 15) is 8.78 Å². The Morgan fingerprint density at radius 1 is 1.09 bits per heavy atom. The maximum absolute atomic E-state index is 16.9. The molecule has 228 valence electrons. The van der Waals surface area contributed by atoms with Gasteiger partial charge in [-0.25, -0.2) is 18.2 Å². The number of anilines is 1. The lowest BCUT2D eigenvalue weighted by Gasteiger charge is -2.40. The van der Waals surface area contributed by atoms with Crippen molar-refractivity contribution >= 4 is 39.1 Å². The molecule has 7 heterocycles. The normalized spacial score (nSPS) is 29.1. The fraction of sp³-hybridized carbons (Fsp3) is 0.469. The summed E-state index contributed by atoms with van der Waals surface area (Å²) in [6.07, 6.45) is 3.34. The van der Waals surface area contributed by atoms with E-state index < -0.39 is 23.3 Å². The molecule has 4 saturated heterocycles. The van der Waals surface area contributed by atoms with E-state index in [2.05, 4.69) is 20.1 Å². The zero-order valence-electron chi connectivity index (χ0n) is 23.8. The molecule has 0 saturated carbocycles. The van der Waals surface area contributed by atoms with Gasteiger partial charge in [0.15, 0.2) is 5.82 Å². The van der Waals surface area contributed by atoms with Crippen molar-refractivity contribution in [3.63, 3.8) is 0 Å². The minimum Gasteiger partial charge on any atom is -0.475 e. The second-order valence-electron chi connectivity index (χ2n) is 12.8. The van der Waals surface area contributed by atoms with Crippen LogP contribution in [0.1, 0.15) is 32.1 Å². The number of aromatic nitrogens is 3. The molecule has 2 aromatic heterocycles. The number of nitrogens with one attached hydrogen (secondary N) is 1. The third-order valence-corrected chi connectivity index (χ3v) is 10.7. The molecule has 0 amide bonds. The molecule has 1 unspecified atom stereocenters. The van der Waals surface area contributed by atoms with Gasteiger partial charge in [0, 0.05) is 42.5 Å². The number of hydrogen-bond donors (Lipinski definition) is 1. The SMILES string of the molecule is Fc1ccc2cccc(-c3nc4c5c(nc(OC[C@@]67CCCN6C[C@H](F)C7)nc5c3F)N3C[C@@H]5CC[C@@H](N5)C3CO4)c2c1Cl. The zero-order valence-corrected chi connectivity index (χ0v) is 24.6. The summed E-state index contributed by atoms with van der Waals surface area (Å²) in [5.41, 5.74) is -0.117. The van der Waals surface area contributed by atoms with Crippen molar-refractivity contribution in [1.82, 2.24) is 25.2 Å². The first-order chi connectivity index (χ1) is 21.4. The summed E-state index contributed by atoms with van der Waals surface area (Å²) in [5, 5.41) is 4.95. The molecular formula is C32H30ClF3N6O2. The van der Waals surface area contributed by atoms with E-state index in [1.54, 1.807) is 24.3 Å².